The van der Waals surface area contributed by atoms with Crippen LogP contribution in [0.15, 0.2) is 35.1 Å². The standard InChI is InChI=1S/C19H23N5O3/c25-17-7-6-15(20-17)18(26)23-10-8-13(9-11-23)12-16-21-22-19(27)24(16)14-4-2-1-3-5-14/h1-5,13,15H,6-12H2,(H,20,25)(H,22,27)/t15-/m0/s1. The maximum absolute atomic E-state index is 12.5. The van der Waals surface area contributed by atoms with Crippen molar-refractivity contribution in [1.82, 2.24) is 25.0 Å². The average Bonchev–Trinajstić information content (AvgIpc) is 3.28. The molecule has 2 N–H and O–H groups in total. The Morgan fingerprint density at radius 3 is 2.52 bits per heavy atom. The Hall–Kier alpha value is -2.90. The summed E-state index contributed by atoms with van der Waals surface area (Å²) < 4.78 is 1.62. The van der Waals surface area contributed by atoms with Crippen molar-refractivity contribution in [2.75, 3.05) is 13.1 Å². The lowest BCUT2D eigenvalue weighted by molar-refractivity contribution is -0.135. The number of hydrogen-bond donors (Lipinski definition) is 2. The highest BCUT2D eigenvalue weighted by Gasteiger charge is 2.33. The molecule has 0 saturated carbocycles. The zero-order valence-corrected chi connectivity index (χ0v) is 15.1. The van der Waals surface area contributed by atoms with E-state index >= 15 is 0 Å². The number of aromatic nitrogens is 3. The number of para-hydroxylation sites is 1. The summed E-state index contributed by atoms with van der Waals surface area (Å²) in [5.41, 5.74) is 0.566. The van der Waals surface area contributed by atoms with Gasteiger partial charge in [-0.25, -0.2) is 14.5 Å². The maximum Gasteiger partial charge on any atom is 0.347 e. The number of aromatic amines is 1. The number of carbonyl (C=O) groups is 2. The monoisotopic (exact) mass is 369 g/mol. The molecule has 0 aliphatic carbocycles. The summed E-state index contributed by atoms with van der Waals surface area (Å²) in [4.78, 5) is 37.8. The molecular weight excluding hydrogens is 346 g/mol. The predicted octanol–water partition coefficient (Wildman–Crippen LogP) is 0.620. The third-order valence-electron chi connectivity index (χ3n) is 5.45. The van der Waals surface area contributed by atoms with Crippen LogP contribution in [0.25, 0.3) is 5.69 Å². The molecule has 1 aromatic heterocycles. The number of benzene rings is 1. The van der Waals surface area contributed by atoms with Gasteiger partial charge in [-0.15, -0.1) is 0 Å². The normalized spacial score (nSPS) is 20.7. The fourth-order valence-corrected chi connectivity index (χ4v) is 3.95. The molecule has 27 heavy (non-hydrogen) atoms. The molecule has 0 unspecified atom stereocenters. The number of likely N-dealkylation sites (tertiary alicyclic amines) is 1. The first kappa shape index (κ1) is 17.5. The third kappa shape index (κ3) is 3.65. The lowest BCUT2D eigenvalue weighted by Gasteiger charge is -2.33. The summed E-state index contributed by atoms with van der Waals surface area (Å²) in [5.74, 6) is 1.07. The van der Waals surface area contributed by atoms with E-state index in [0.29, 0.717) is 38.3 Å². The Morgan fingerprint density at radius 2 is 1.85 bits per heavy atom. The molecule has 3 heterocycles. The van der Waals surface area contributed by atoms with Crippen LogP contribution >= 0.6 is 0 Å². The number of carbonyl (C=O) groups excluding carboxylic acids is 2. The molecular formula is C19H23N5O3. The second kappa shape index (κ2) is 7.38. The first-order valence-electron chi connectivity index (χ1n) is 9.41. The van der Waals surface area contributed by atoms with Crippen LogP contribution in [0, 0.1) is 5.92 Å². The highest BCUT2D eigenvalue weighted by molar-refractivity contribution is 5.90. The minimum Gasteiger partial charge on any atom is -0.344 e. The molecule has 2 amide bonds. The molecule has 142 valence electrons. The Morgan fingerprint density at radius 1 is 1.11 bits per heavy atom. The number of nitrogens with zero attached hydrogens (tertiary/aromatic N) is 3. The van der Waals surface area contributed by atoms with Gasteiger partial charge in [-0.1, -0.05) is 18.2 Å². The first-order chi connectivity index (χ1) is 13.1. The topological polar surface area (TPSA) is 100 Å². The number of amides is 2. The zero-order valence-electron chi connectivity index (χ0n) is 15.1. The van der Waals surface area contributed by atoms with E-state index in [1.807, 2.05) is 35.2 Å². The van der Waals surface area contributed by atoms with E-state index in [4.69, 9.17) is 0 Å². The molecule has 4 rings (SSSR count). The van der Waals surface area contributed by atoms with Crippen LogP contribution in [-0.4, -0.2) is 50.6 Å². The van der Waals surface area contributed by atoms with E-state index in [1.165, 1.54) is 0 Å². The Kier molecular flexibility index (Phi) is 4.79. The second-order valence-electron chi connectivity index (χ2n) is 7.25. The van der Waals surface area contributed by atoms with E-state index in [1.54, 1.807) is 4.57 Å². The fourth-order valence-electron chi connectivity index (χ4n) is 3.95. The van der Waals surface area contributed by atoms with Crippen LogP contribution in [-0.2, 0) is 16.0 Å². The van der Waals surface area contributed by atoms with Crippen molar-refractivity contribution in [3.63, 3.8) is 0 Å². The smallest absolute Gasteiger partial charge is 0.344 e. The number of piperidine rings is 1. The highest BCUT2D eigenvalue weighted by atomic mass is 16.2. The van der Waals surface area contributed by atoms with Gasteiger partial charge in [-0.05, 0) is 37.3 Å². The van der Waals surface area contributed by atoms with E-state index in [-0.39, 0.29) is 23.5 Å². The minimum atomic E-state index is -0.358. The summed E-state index contributed by atoms with van der Waals surface area (Å²) in [5, 5.41) is 9.50. The summed E-state index contributed by atoms with van der Waals surface area (Å²) >= 11 is 0. The first-order valence-corrected chi connectivity index (χ1v) is 9.41. The number of H-pyrrole nitrogens is 1. The van der Waals surface area contributed by atoms with E-state index in [0.717, 1.165) is 24.4 Å². The number of nitrogens with one attached hydrogen (secondary N) is 2. The van der Waals surface area contributed by atoms with Crippen molar-refractivity contribution in [3.05, 3.63) is 46.6 Å². The van der Waals surface area contributed by atoms with Crippen LogP contribution in [0.3, 0.4) is 0 Å². The molecule has 8 nitrogen and oxygen atoms in total. The molecule has 1 atom stereocenters. The Bertz CT molecular complexity index is 880. The minimum absolute atomic E-state index is 0.0280. The van der Waals surface area contributed by atoms with Gasteiger partial charge < -0.3 is 10.2 Å². The molecule has 1 aromatic carbocycles. The zero-order chi connectivity index (χ0) is 18.8. The van der Waals surface area contributed by atoms with Crippen molar-refractivity contribution in [1.29, 1.82) is 0 Å². The quantitative estimate of drug-likeness (QED) is 0.825. The largest absolute Gasteiger partial charge is 0.347 e. The van der Waals surface area contributed by atoms with Gasteiger partial charge >= 0.3 is 5.69 Å². The molecule has 0 spiro atoms. The lowest BCUT2D eigenvalue weighted by Crippen LogP contribution is -2.47. The molecule has 0 bridgehead atoms. The SMILES string of the molecule is O=C1CC[C@@H](C(=O)N2CCC(Cc3n[nH]c(=O)n3-c3ccccc3)CC2)N1. The maximum atomic E-state index is 12.5. The molecule has 2 aliphatic heterocycles. The van der Waals surface area contributed by atoms with Crippen molar-refractivity contribution < 1.29 is 9.59 Å². The van der Waals surface area contributed by atoms with Crippen LogP contribution in [0.4, 0.5) is 0 Å². The predicted molar refractivity (Wildman–Crippen MR) is 98.4 cm³/mol. The fraction of sp³-hybridized carbons (Fsp3) is 0.474. The third-order valence-corrected chi connectivity index (χ3v) is 5.45. The van der Waals surface area contributed by atoms with Crippen LogP contribution in [0.5, 0.6) is 0 Å². The second-order valence-corrected chi connectivity index (χ2v) is 7.25. The van der Waals surface area contributed by atoms with Crippen LogP contribution < -0.4 is 11.0 Å². The lowest BCUT2D eigenvalue weighted by atomic mass is 9.92. The summed E-state index contributed by atoms with van der Waals surface area (Å²) in [6.07, 6.45) is 3.44. The highest BCUT2D eigenvalue weighted by Crippen LogP contribution is 2.23. The molecule has 0 radical (unpaired) electrons. The summed E-state index contributed by atoms with van der Waals surface area (Å²) in [6, 6.07) is 9.11. The molecule has 2 fully saturated rings. The Labute approximate surface area is 156 Å². The Balaban J connectivity index is 1.38. The van der Waals surface area contributed by atoms with Crippen molar-refractivity contribution in [2.45, 2.75) is 38.1 Å². The van der Waals surface area contributed by atoms with Crippen molar-refractivity contribution in [2.24, 2.45) is 5.92 Å². The van der Waals surface area contributed by atoms with Gasteiger partial charge in [-0.3, -0.25) is 9.59 Å². The van der Waals surface area contributed by atoms with Crippen molar-refractivity contribution in [3.8, 4) is 5.69 Å². The van der Waals surface area contributed by atoms with Gasteiger partial charge in [0, 0.05) is 25.9 Å². The van der Waals surface area contributed by atoms with Gasteiger partial charge in [0.15, 0.2) is 0 Å². The summed E-state index contributed by atoms with van der Waals surface area (Å²) in [7, 11) is 0. The van der Waals surface area contributed by atoms with Gasteiger partial charge in [0.2, 0.25) is 11.8 Å². The van der Waals surface area contributed by atoms with E-state index in [2.05, 4.69) is 15.5 Å². The molecule has 2 aliphatic rings. The molecule has 8 heteroatoms. The van der Waals surface area contributed by atoms with Crippen LogP contribution in [0.2, 0.25) is 0 Å². The summed E-state index contributed by atoms with van der Waals surface area (Å²) in [6.45, 7) is 1.35. The van der Waals surface area contributed by atoms with Gasteiger partial charge in [0.25, 0.3) is 0 Å². The number of hydrogen-bond acceptors (Lipinski definition) is 4. The van der Waals surface area contributed by atoms with Crippen molar-refractivity contribution >= 4 is 11.8 Å². The van der Waals surface area contributed by atoms with Crippen LogP contribution in [0.1, 0.15) is 31.5 Å². The van der Waals surface area contributed by atoms with E-state index in [9.17, 15) is 14.4 Å². The number of rotatable bonds is 4. The average molecular weight is 369 g/mol. The molecule has 2 aromatic rings. The van der Waals surface area contributed by atoms with Gasteiger partial charge in [-0.2, -0.15) is 5.10 Å². The molecule has 2 saturated heterocycles. The van der Waals surface area contributed by atoms with Gasteiger partial charge in [0.05, 0.1) is 5.69 Å². The van der Waals surface area contributed by atoms with E-state index < -0.39 is 0 Å². The van der Waals surface area contributed by atoms with Gasteiger partial charge in [0.1, 0.15) is 11.9 Å².